The van der Waals surface area contributed by atoms with Gasteiger partial charge in [-0.2, -0.15) is 5.10 Å². The Morgan fingerprint density at radius 2 is 1.64 bits per heavy atom. The zero-order valence-corrected chi connectivity index (χ0v) is 16.4. The molecule has 4 rings (SSSR count). The van der Waals surface area contributed by atoms with Gasteiger partial charge in [-0.05, 0) is 56.5 Å². The molecule has 140 valence electrons. The van der Waals surface area contributed by atoms with E-state index in [1.54, 1.807) is 10.7 Å². The van der Waals surface area contributed by atoms with Crippen molar-refractivity contribution in [2.45, 2.75) is 27.7 Å². The van der Waals surface area contributed by atoms with Crippen molar-refractivity contribution < 1.29 is 4.79 Å². The molecule has 0 unspecified atom stereocenters. The normalized spacial score (nSPS) is 11.0. The smallest absolute Gasteiger partial charge is 0.259 e. The number of hydrogen-bond donors (Lipinski definition) is 1. The molecule has 0 aliphatic heterocycles. The standard InChI is InChI=1S/C23H22N4O/c1-14-10-15(2)12-19(11-14)25-23(28)20-13-24-22-21(18-8-6-5-7-9-18)16(3)26-27(22)17(20)4/h5-13H,1-4H3,(H,25,28). The maximum atomic E-state index is 12.9. The van der Waals surface area contributed by atoms with Gasteiger partial charge in [-0.1, -0.05) is 36.4 Å². The van der Waals surface area contributed by atoms with Gasteiger partial charge in [0.15, 0.2) is 5.65 Å². The third-order valence-corrected chi connectivity index (χ3v) is 4.85. The summed E-state index contributed by atoms with van der Waals surface area (Å²) in [5.74, 6) is -0.189. The molecular formula is C23H22N4O. The van der Waals surface area contributed by atoms with Crippen molar-refractivity contribution in [1.82, 2.24) is 14.6 Å². The number of rotatable bonds is 3. The van der Waals surface area contributed by atoms with Crippen LogP contribution in [-0.2, 0) is 0 Å². The summed E-state index contributed by atoms with van der Waals surface area (Å²) < 4.78 is 1.76. The highest BCUT2D eigenvalue weighted by molar-refractivity contribution is 6.05. The lowest BCUT2D eigenvalue weighted by molar-refractivity contribution is 0.102. The molecule has 5 heteroatoms. The molecule has 1 N–H and O–H groups in total. The summed E-state index contributed by atoms with van der Waals surface area (Å²) >= 11 is 0. The Bertz CT molecular complexity index is 1170. The molecule has 5 nitrogen and oxygen atoms in total. The highest BCUT2D eigenvalue weighted by Gasteiger charge is 2.18. The van der Waals surface area contributed by atoms with Crippen LogP contribution in [0.5, 0.6) is 0 Å². The van der Waals surface area contributed by atoms with Crippen LogP contribution >= 0.6 is 0 Å². The molecule has 0 bridgehead atoms. The second kappa shape index (κ2) is 6.93. The Labute approximate surface area is 164 Å². The predicted molar refractivity (Wildman–Crippen MR) is 112 cm³/mol. The molecule has 2 aromatic carbocycles. The van der Waals surface area contributed by atoms with Crippen molar-refractivity contribution in [2.75, 3.05) is 5.32 Å². The van der Waals surface area contributed by atoms with Crippen LogP contribution in [0.25, 0.3) is 16.8 Å². The first-order chi connectivity index (χ1) is 13.4. The van der Waals surface area contributed by atoms with Crippen LogP contribution in [0.1, 0.15) is 32.9 Å². The fourth-order valence-electron chi connectivity index (χ4n) is 3.61. The number of nitrogens with zero attached hydrogens (tertiary/aromatic N) is 3. The second-order valence-electron chi connectivity index (χ2n) is 7.15. The van der Waals surface area contributed by atoms with Crippen molar-refractivity contribution in [3.63, 3.8) is 0 Å². The van der Waals surface area contributed by atoms with Crippen LogP contribution < -0.4 is 5.32 Å². The molecule has 1 amide bonds. The number of aromatic nitrogens is 3. The molecule has 2 heterocycles. The van der Waals surface area contributed by atoms with Crippen molar-refractivity contribution in [3.05, 3.63) is 82.8 Å². The molecule has 0 radical (unpaired) electrons. The van der Waals surface area contributed by atoms with Crippen LogP contribution in [0.15, 0.2) is 54.7 Å². The first-order valence-electron chi connectivity index (χ1n) is 9.24. The number of benzene rings is 2. The van der Waals surface area contributed by atoms with Crippen LogP contribution in [0.2, 0.25) is 0 Å². The van der Waals surface area contributed by atoms with Gasteiger partial charge in [-0.25, -0.2) is 9.50 Å². The number of fused-ring (bicyclic) bond motifs is 1. The van der Waals surface area contributed by atoms with E-state index in [2.05, 4.69) is 21.5 Å². The van der Waals surface area contributed by atoms with E-state index >= 15 is 0 Å². The second-order valence-corrected chi connectivity index (χ2v) is 7.15. The molecule has 0 aliphatic rings. The van der Waals surface area contributed by atoms with Gasteiger partial charge in [0.1, 0.15) is 0 Å². The maximum absolute atomic E-state index is 12.9. The molecule has 0 saturated heterocycles. The summed E-state index contributed by atoms with van der Waals surface area (Å²) in [6.07, 6.45) is 1.64. The number of carbonyl (C=O) groups is 1. The fraction of sp³-hybridized carbons (Fsp3) is 0.174. The first kappa shape index (κ1) is 17.9. The average molecular weight is 370 g/mol. The number of carbonyl (C=O) groups excluding carboxylic acids is 1. The van der Waals surface area contributed by atoms with E-state index in [9.17, 15) is 4.79 Å². The van der Waals surface area contributed by atoms with E-state index < -0.39 is 0 Å². The van der Waals surface area contributed by atoms with E-state index in [4.69, 9.17) is 0 Å². The number of aryl methyl sites for hydroxylation is 4. The summed E-state index contributed by atoms with van der Waals surface area (Å²) in [6.45, 7) is 7.89. The molecule has 28 heavy (non-hydrogen) atoms. The monoisotopic (exact) mass is 370 g/mol. The van der Waals surface area contributed by atoms with Gasteiger partial charge in [0.25, 0.3) is 5.91 Å². The van der Waals surface area contributed by atoms with Gasteiger partial charge in [0.2, 0.25) is 0 Å². The number of hydrogen-bond acceptors (Lipinski definition) is 3. The Balaban J connectivity index is 1.75. The Morgan fingerprint density at radius 1 is 0.964 bits per heavy atom. The zero-order chi connectivity index (χ0) is 19.8. The summed E-state index contributed by atoms with van der Waals surface area (Å²) in [6, 6.07) is 16.1. The first-order valence-corrected chi connectivity index (χ1v) is 9.24. The number of amides is 1. The number of anilines is 1. The minimum Gasteiger partial charge on any atom is -0.322 e. The van der Waals surface area contributed by atoms with Crippen molar-refractivity contribution in [2.24, 2.45) is 0 Å². The summed E-state index contributed by atoms with van der Waals surface area (Å²) in [5, 5.41) is 7.62. The summed E-state index contributed by atoms with van der Waals surface area (Å²) in [4.78, 5) is 17.4. The van der Waals surface area contributed by atoms with E-state index in [0.717, 1.165) is 45.0 Å². The largest absolute Gasteiger partial charge is 0.322 e. The zero-order valence-electron chi connectivity index (χ0n) is 16.4. The Morgan fingerprint density at radius 3 is 2.32 bits per heavy atom. The van der Waals surface area contributed by atoms with Gasteiger partial charge in [-0.3, -0.25) is 4.79 Å². The van der Waals surface area contributed by atoms with Gasteiger partial charge in [0, 0.05) is 17.4 Å². The molecule has 0 spiro atoms. The molecular weight excluding hydrogens is 348 g/mol. The molecule has 0 fully saturated rings. The summed E-state index contributed by atoms with van der Waals surface area (Å²) in [5.41, 5.74) is 7.96. The fourth-order valence-corrected chi connectivity index (χ4v) is 3.61. The topological polar surface area (TPSA) is 59.3 Å². The van der Waals surface area contributed by atoms with Crippen LogP contribution in [0, 0.1) is 27.7 Å². The van der Waals surface area contributed by atoms with Crippen molar-refractivity contribution in [1.29, 1.82) is 0 Å². The van der Waals surface area contributed by atoms with Crippen LogP contribution in [0.3, 0.4) is 0 Å². The lowest BCUT2D eigenvalue weighted by Crippen LogP contribution is -2.16. The Hall–Kier alpha value is -3.47. The third-order valence-electron chi connectivity index (χ3n) is 4.85. The highest BCUT2D eigenvalue weighted by Crippen LogP contribution is 2.28. The van der Waals surface area contributed by atoms with Crippen molar-refractivity contribution >= 4 is 17.2 Å². The van der Waals surface area contributed by atoms with Gasteiger partial charge < -0.3 is 5.32 Å². The molecule has 0 aliphatic carbocycles. The van der Waals surface area contributed by atoms with Crippen LogP contribution in [0.4, 0.5) is 5.69 Å². The highest BCUT2D eigenvalue weighted by atomic mass is 16.1. The Kier molecular flexibility index (Phi) is 4.43. The molecule has 0 saturated carbocycles. The van der Waals surface area contributed by atoms with Gasteiger partial charge in [-0.15, -0.1) is 0 Å². The lowest BCUT2D eigenvalue weighted by atomic mass is 10.1. The quantitative estimate of drug-likeness (QED) is 0.559. The molecule has 4 aromatic rings. The lowest BCUT2D eigenvalue weighted by Gasteiger charge is -2.10. The minimum atomic E-state index is -0.189. The van der Waals surface area contributed by atoms with E-state index in [1.807, 2.05) is 70.2 Å². The van der Waals surface area contributed by atoms with Crippen molar-refractivity contribution in [3.8, 4) is 11.1 Å². The van der Waals surface area contributed by atoms with Crippen LogP contribution in [-0.4, -0.2) is 20.5 Å². The maximum Gasteiger partial charge on any atom is 0.259 e. The molecule has 2 aromatic heterocycles. The van der Waals surface area contributed by atoms with E-state index in [1.165, 1.54) is 0 Å². The minimum absolute atomic E-state index is 0.189. The molecule has 0 atom stereocenters. The summed E-state index contributed by atoms with van der Waals surface area (Å²) in [7, 11) is 0. The van der Waals surface area contributed by atoms with E-state index in [0.29, 0.717) is 5.56 Å². The van der Waals surface area contributed by atoms with E-state index in [-0.39, 0.29) is 5.91 Å². The van der Waals surface area contributed by atoms with Gasteiger partial charge >= 0.3 is 0 Å². The third kappa shape index (κ3) is 3.16. The average Bonchev–Trinajstić information content (AvgIpc) is 2.98. The SMILES string of the molecule is Cc1cc(C)cc(NC(=O)c2cnc3c(-c4ccccc4)c(C)nn3c2C)c1. The number of nitrogens with one attached hydrogen (secondary N) is 1. The van der Waals surface area contributed by atoms with Gasteiger partial charge in [0.05, 0.1) is 17.0 Å². The predicted octanol–water partition coefficient (Wildman–Crippen LogP) is 4.88.